The highest BCUT2D eigenvalue weighted by Gasteiger charge is 2.20. The Morgan fingerprint density at radius 1 is 1.47 bits per heavy atom. The number of hydrogen-bond donors (Lipinski definition) is 2. The van der Waals surface area contributed by atoms with E-state index in [0.717, 1.165) is 6.54 Å². The Hall–Kier alpha value is -0.990. The third kappa shape index (κ3) is 4.41. The van der Waals surface area contributed by atoms with E-state index in [9.17, 15) is 8.42 Å². The minimum Gasteiger partial charge on any atom is -0.340 e. The molecule has 17 heavy (non-hydrogen) atoms. The first kappa shape index (κ1) is 14.1. The van der Waals surface area contributed by atoms with Gasteiger partial charge in [0, 0.05) is 13.5 Å². The number of nitrogens with zero attached hydrogens (tertiary/aromatic N) is 2. The smallest absolute Gasteiger partial charge is 0.223 e. The summed E-state index contributed by atoms with van der Waals surface area (Å²) in [4.78, 5) is 3.91. The summed E-state index contributed by atoms with van der Waals surface area (Å²) in [6.07, 6.45) is 0. The van der Waals surface area contributed by atoms with E-state index in [1.165, 1.54) is 0 Å². The Balaban J connectivity index is 2.49. The summed E-state index contributed by atoms with van der Waals surface area (Å²) >= 11 is 0. The topological polar surface area (TPSA) is 97.1 Å². The van der Waals surface area contributed by atoms with Crippen LogP contribution in [0.15, 0.2) is 4.52 Å². The number of nitrogens with one attached hydrogen (secondary N) is 2. The lowest BCUT2D eigenvalue weighted by Crippen LogP contribution is -2.38. The second-order valence-electron chi connectivity index (χ2n) is 3.71. The monoisotopic (exact) mass is 262 g/mol. The Bertz CT molecular complexity index is 443. The summed E-state index contributed by atoms with van der Waals surface area (Å²) < 4.78 is 30.7. The predicted molar refractivity (Wildman–Crippen MR) is 62.8 cm³/mol. The lowest BCUT2D eigenvalue weighted by Gasteiger charge is -2.13. The predicted octanol–water partition coefficient (Wildman–Crippen LogP) is -0.205. The first-order valence-corrected chi connectivity index (χ1v) is 6.98. The zero-order valence-corrected chi connectivity index (χ0v) is 11.0. The van der Waals surface area contributed by atoms with Crippen LogP contribution in [0.2, 0.25) is 0 Å². The molecule has 0 aliphatic carbocycles. The highest BCUT2D eigenvalue weighted by molar-refractivity contribution is 7.90. The fourth-order valence-electron chi connectivity index (χ4n) is 1.18. The maximum absolute atomic E-state index is 11.8. The molecular weight excluding hydrogens is 244 g/mol. The summed E-state index contributed by atoms with van der Waals surface area (Å²) in [6, 6.07) is 0. The molecule has 0 amide bonds. The highest BCUT2D eigenvalue weighted by Crippen LogP contribution is 2.00. The second-order valence-corrected chi connectivity index (χ2v) is 5.90. The van der Waals surface area contributed by atoms with Gasteiger partial charge in [0.05, 0.1) is 11.8 Å². The van der Waals surface area contributed by atoms with E-state index in [1.54, 1.807) is 13.8 Å². The molecule has 1 aromatic heterocycles. The zero-order valence-electron chi connectivity index (χ0n) is 10.2. The van der Waals surface area contributed by atoms with Crippen LogP contribution in [0.25, 0.3) is 0 Å². The molecule has 8 heteroatoms. The van der Waals surface area contributed by atoms with Gasteiger partial charge >= 0.3 is 0 Å². The molecule has 2 N–H and O–H groups in total. The molecule has 0 aromatic carbocycles. The van der Waals surface area contributed by atoms with Gasteiger partial charge in [-0.3, -0.25) is 0 Å². The molecule has 98 valence electrons. The van der Waals surface area contributed by atoms with Crippen LogP contribution in [0.4, 0.5) is 0 Å². The number of sulfonamides is 1. The van der Waals surface area contributed by atoms with Crippen LogP contribution < -0.4 is 10.0 Å². The van der Waals surface area contributed by atoms with Crippen molar-refractivity contribution >= 4 is 10.0 Å². The maximum atomic E-state index is 11.8. The minimum atomic E-state index is -3.36. The Morgan fingerprint density at radius 3 is 2.71 bits per heavy atom. The van der Waals surface area contributed by atoms with Gasteiger partial charge in [0.2, 0.25) is 15.9 Å². The molecule has 0 fully saturated rings. The van der Waals surface area contributed by atoms with E-state index in [4.69, 9.17) is 4.52 Å². The molecule has 0 aliphatic rings. The van der Waals surface area contributed by atoms with Crippen LogP contribution in [0, 0.1) is 6.92 Å². The Kier molecular flexibility index (Phi) is 5.03. The summed E-state index contributed by atoms with van der Waals surface area (Å²) in [5.41, 5.74) is 0. The summed E-state index contributed by atoms with van der Waals surface area (Å²) in [5, 5.41) is 6.09. The highest BCUT2D eigenvalue weighted by atomic mass is 32.2. The van der Waals surface area contributed by atoms with Gasteiger partial charge in [-0.25, -0.2) is 13.1 Å². The van der Waals surface area contributed by atoms with Crippen molar-refractivity contribution in [1.82, 2.24) is 20.2 Å². The van der Waals surface area contributed by atoms with Crippen molar-refractivity contribution in [2.75, 3.05) is 13.1 Å². The fraction of sp³-hybridized carbons (Fsp3) is 0.778. The molecule has 1 aromatic rings. The molecule has 0 aliphatic heterocycles. The van der Waals surface area contributed by atoms with Gasteiger partial charge in [-0.1, -0.05) is 12.1 Å². The molecule has 1 heterocycles. The quantitative estimate of drug-likeness (QED) is 0.706. The van der Waals surface area contributed by atoms with E-state index >= 15 is 0 Å². The first-order valence-electron chi connectivity index (χ1n) is 5.44. The van der Waals surface area contributed by atoms with Gasteiger partial charge in [0.1, 0.15) is 0 Å². The molecule has 1 atom stereocenters. The molecular formula is C9H18N4O3S. The van der Waals surface area contributed by atoms with Gasteiger partial charge in [0.25, 0.3) is 0 Å². The lowest BCUT2D eigenvalue weighted by molar-refractivity contribution is 0.387. The number of aromatic nitrogens is 2. The van der Waals surface area contributed by atoms with Gasteiger partial charge in [-0.2, -0.15) is 4.98 Å². The third-order valence-corrected chi connectivity index (χ3v) is 3.99. The van der Waals surface area contributed by atoms with Crippen molar-refractivity contribution in [1.29, 1.82) is 0 Å². The average Bonchev–Trinajstić information content (AvgIpc) is 2.69. The van der Waals surface area contributed by atoms with E-state index in [-0.39, 0.29) is 6.54 Å². The molecule has 1 rings (SSSR count). The van der Waals surface area contributed by atoms with Crippen molar-refractivity contribution in [2.45, 2.75) is 32.6 Å². The van der Waals surface area contributed by atoms with Crippen LogP contribution in [-0.2, 0) is 16.6 Å². The van der Waals surface area contributed by atoms with E-state index in [2.05, 4.69) is 20.2 Å². The molecule has 1 unspecified atom stereocenters. The van der Waals surface area contributed by atoms with Gasteiger partial charge in [-0.15, -0.1) is 0 Å². The summed E-state index contributed by atoms with van der Waals surface area (Å²) in [6.45, 7) is 6.43. The van der Waals surface area contributed by atoms with E-state index in [0.29, 0.717) is 18.3 Å². The van der Waals surface area contributed by atoms with Crippen LogP contribution in [0.3, 0.4) is 0 Å². The largest absolute Gasteiger partial charge is 0.340 e. The van der Waals surface area contributed by atoms with Crippen LogP contribution >= 0.6 is 0 Å². The second kappa shape index (κ2) is 6.08. The summed E-state index contributed by atoms with van der Waals surface area (Å²) in [5.74, 6) is 0.752. The first-order chi connectivity index (χ1) is 7.95. The Morgan fingerprint density at radius 2 is 2.18 bits per heavy atom. The van der Waals surface area contributed by atoms with Crippen molar-refractivity contribution in [3.63, 3.8) is 0 Å². The average molecular weight is 262 g/mol. The third-order valence-electron chi connectivity index (χ3n) is 2.21. The SMILES string of the molecule is CCNCC(C)S(=O)(=O)NCc1noc(C)n1. The maximum Gasteiger partial charge on any atom is 0.223 e. The van der Waals surface area contributed by atoms with E-state index in [1.807, 2.05) is 6.92 Å². The molecule has 7 nitrogen and oxygen atoms in total. The number of hydrogen-bond acceptors (Lipinski definition) is 6. The minimum absolute atomic E-state index is 0.0517. The fourth-order valence-corrected chi connectivity index (χ4v) is 2.13. The van der Waals surface area contributed by atoms with Gasteiger partial charge in [-0.05, 0) is 13.5 Å². The molecule has 0 saturated carbocycles. The Labute approximate surface area is 101 Å². The van der Waals surface area contributed by atoms with Gasteiger partial charge in [0.15, 0.2) is 5.82 Å². The zero-order chi connectivity index (χ0) is 12.9. The van der Waals surface area contributed by atoms with Crippen molar-refractivity contribution in [3.8, 4) is 0 Å². The molecule has 0 saturated heterocycles. The van der Waals surface area contributed by atoms with Crippen LogP contribution in [0.5, 0.6) is 0 Å². The molecule has 0 bridgehead atoms. The van der Waals surface area contributed by atoms with Crippen molar-refractivity contribution < 1.29 is 12.9 Å². The normalized spacial score (nSPS) is 13.8. The van der Waals surface area contributed by atoms with Crippen molar-refractivity contribution in [2.24, 2.45) is 0 Å². The standard InChI is InChI=1S/C9H18N4O3S/c1-4-10-5-7(2)17(14,15)11-6-9-12-8(3)16-13-9/h7,10-11H,4-6H2,1-3H3. The molecule has 0 spiro atoms. The number of rotatable bonds is 7. The van der Waals surface area contributed by atoms with Crippen LogP contribution in [0.1, 0.15) is 25.6 Å². The van der Waals surface area contributed by atoms with E-state index < -0.39 is 15.3 Å². The van der Waals surface area contributed by atoms with Gasteiger partial charge < -0.3 is 9.84 Å². The molecule has 0 radical (unpaired) electrons. The number of aryl methyl sites for hydroxylation is 1. The lowest BCUT2D eigenvalue weighted by atomic mass is 10.5. The van der Waals surface area contributed by atoms with Crippen molar-refractivity contribution in [3.05, 3.63) is 11.7 Å². The summed E-state index contributed by atoms with van der Waals surface area (Å²) in [7, 11) is -3.36. The van der Waals surface area contributed by atoms with Crippen LogP contribution in [-0.4, -0.2) is 36.9 Å².